The first-order chi connectivity index (χ1) is 17.1. The van der Waals surface area contributed by atoms with E-state index in [1.54, 1.807) is 6.07 Å². The Morgan fingerprint density at radius 1 is 1.03 bits per heavy atom. The highest BCUT2D eigenvalue weighted by Gasteiger charge is 2.17. The van der Waals surface area contributed by atoms with Gasteiger partial charge in [-0.1, -0.05) is 54.6 Å². The van der Waals surface area contributed by atoms with Crippen molar-refractivity contribution in [1.29, 1.82) is 0 Å². The maximum absolute atomic E-state index is 12.8. The summed E-state index contributed by atoms with van der Waals surface area (Å²) in [7, 11) is 0. The number of aromatic amines is 1. The van der Waals surface area contributed by atoms with Crippen molar-refractivity contribution in [3.8, 4) is 33.5 Å². The number of thiophene rings is 1. The van der Waals surface area contributed by atoms with E-state index >= 15 is 0 Å². The van der Waals surface area contributed by atoms with E-state index in [-0.39, 0.29) is 24.0 Å². The van der Waals surface area contributed by atoms with Crippen LogP contribution in [0, 0.1) is 6.92 Å². The molecule has 2 aromatic carbocycles. The fourth-order valence-electron chi connectivity index (χ4n) is 3.52. The average molecular weight is 484 g/mol. The molecule has 174 valence electrons. The normalized spacial score (nSPS) is 10.8. The number of nitrogens with one attached hydrogen (secondary N) is 2. The third-order valence-electron chi connectivity index (χ3n) is 5.20. The highest BCUT2D eigenvalue weighted by Crippen LogP contribution is 2.28. The van der Waals surface area contributed by atoms with Gasteiger partial charge in [0.25, 0.3) is 11.5 Å². The lowest BCUT2D eigenvalue weighted by molar-refractivity contribution is -0.118. The number of para-hydroxylation sites is 1. The van der Waals surface area contributed by atoms with Crippen LogP contribution in [0.25, 0.3) is 27.8 Å². The first-order valence-corrected chi connectivity index (χ1v) is 11.7. The number of nitrogens with zero attached hydrogens (tertiary/aromatic N) is 3. The minimum Gasteiger partial charge on any atom is -0.483 e. The molecule has 0 saturated carbocycles. The van der Waals surface area contributed by atoms with Crippen LogP contribution in [0.15, 0.2) is 89.0 Å². The molecule has 0 saturated heterocycles. The molecule has 0 aliphatic heterocycles. The quantitative estimate of drug-likeness (QED) is 0.350. The Bertz CT molecular complexity index is 1520. The lowest BCUT2D eigenvalue weighted by Gasteiger charge is -2.11. The maximum atomic E-state index is 12.8. The van der Waals surface area contributed by atoms with E-state index < -0.39 is 0 Å². The minimum atomic E-state index is -0.367. The van der Waals surface area contributed by atoms with Crippen LogP contribution in [0.1, 0.15) is 5.56 Å². The lowest BCUT2D eigenvalue weighted by atomic mass is 10.1. The smallest absolute Gasteiger partial charge is 0.263 e. The minimum absolute atomic E-state index is 0.182. The molecule has 0 bridgehead atoms. The average Bonchev–Trinajstić information content (AvgIpc) is 3.54. The number of anilines is 1. The second-order valence-electron chi connectivity index (χ2n) is 7.73. The van der Waals surface area contributed by atoms with Crippen LogP contribution in [0.2, 0.25) is 0 Å². The second kappa shape index (κ2) is 9.78. The number of amides is 1. The molecule has 0 radical (unpaired) electrons. The highest BCUT2D eigenvalue weighted by molar-refractivity contribution is 7.13. The number of rotatable bonds is 7. The largest absolute Gasteiger partial charge is 0.483 e. The van der Waals surface area contributed by atoms with Crippen LogP contribution in [0.4, 0.5) is 5.82 Å². The van der Waals surface area contributed by atoms with Gasteiger partial charge >= 0.3 is 0 Å². The molecule has 3 aromatic heterocycles. The van der Waals surface area contributed by atoms with Gasteiger partial charge in [0.15, 0.2) is 6.61 Å². The Kier molecular flexibility index (Phi) is 6.23. The molecule has 8 nitrogen and oxygen atoms in total. The first kappa shape index (κ1) is 22.3. The first-order valence-electron chi connectivity index (χ1n) is 10.9. The summed E-state index contributed by atoms with van der Waals surface area (Å²) in [6.45, 7) is 1.73. The van der Waals surface area contributed by atoms with Crippen LogP contribution in [0.3, 0.4) is 0 Å². The third kappa shape index (κ3) is 5.04. The zero-order valence-electron chi connectivity index (χ0n) is 18.8. The topological polar surface area (TPSA) is 102 Å². The zero-order valence-corrected chi connectivity index (χ0v) is 19.6. The molecule has 0 aliphatic rings. The van der Waals surface area contributed by atoms with Crippen molar-refractivity contribution in [3.63, 3.8) is 0 Å². The summed E-state index contributed by atoms with van der Waals surface area (Å²) in [6, 6.07) is 23.9. The number of H-pyrrole nitrogens is 1. The Morgan fingerprint density at radius 3 is 2.60 bits per heavy atom. The fourth-order valence-corrected chi connectivity index (χ4v) is 4.20. The Labute approximate surface area is 204 Å². The van der Waals surface area contributed by atoms with Gasteiger partial charge in [-0.15, -0.1) is 11.3 Å². The summed E-state index contributed by atoms with van der Waals surface area (Å²) >= 11 is 1.52. The Hall–Kier alpha value is -4.50. The second-order valence-corrected chi connectivity index (χ2v) is 8.67. The van der Waals surface area contributed by atoms with Gasteiger partial charge in [0.1, 0.15) is 17.3 Å². The summed E-state index contributed by atoms with van der Waals surface area (Å²) in [6.07, 6.45) is 0. The van der Waals surface area contributed by atoms with E-state index in [2.05, 4.69) is 20.4 Å². The number of aryl methyl sites for hydroxylation is 1. The highest BCUT2D eigenvalue weighted by atomic mass is 32.1. The molecule has 3 heterocycles. The molecule has 9 heteroatoms. The number of hydrogen-bond acceptors (Lipinski definition) is 6. The van der Waals surface area contributed by atoms with Crippen LogP contribution in [0.5, 0.6) is 5.75 Å². The standard InChI is InChI=1S/C26H21N5O3S/c1-17-8-5-6-11-21(17)34-16-25(33)28-23-14-20(22-12-7-13-35-22)30-31(23)26-27-19(15-24(32)29-26)18-9-3-2-4-10-18/h2-15H,16H2,1H3,(H,28,33)(H,27,29,32). The summed E-state index contributed by atoms with van der Waals surface area (Å²) in [4.78, 5) is 33.5. The molecule has 0 aliphatic carbocycles. The van der Waals surface area contributed by atoms with Gasteiger partial charge in [-0.3, -0.25) is 14.6 Å². The van der Waals surface area contributed by atoms with Gasteiger partial charge in [0.05, 0.1) is 10.6 Å². The molecule has 2 N–H and O–H groups in total. The molecule has 1 amide bonds. The molecule has 0 fully saturated rings. The number of carbonyl (C=O) groups excluding carboxylic acids is 1. The Balaban J connectivity index is 1.48. The Morgan fingerprint density at radius 2 is 1.83 bits per heavy atom. The van der Waals surface area contributed by atoms with Crippen LogP contribution < -0.4 is 15.6 Å². The summed E-state index contributed by atoms with van der Waals surface area (Å²) < 4.78 is 7.10. The van der Waals surface area contributed by atoms with Gasteiger partial charge in [-0.2, -0.15) is 9.78 Å². The zero-order chi connectivity index (χ0) is 24.2. The fraction of sp³-hybridized carbons (Fsp3) is 0.0769. The summed E-state index contributed by atoms with van der Waals surface area (Å²) in [5, 5.41) is 9.41. The number of hydrogen-bond donors (Lipinski definition) is 2. The number of ether oxygens (including phenoxy) is 1. The molecule has 35 heavy (non-hydrogen) atoms. The third-order valence-corrected chi connectivity index (χ3v) is 6.09. The van der Waals surface area contributed by atoms with Gasteiger partial charge in [0.2, 0.25) is 5.95 Å². The van der Waals surface area contributed by atoms with Crippen molar-refractivity contribution in [1.82, 2.24) is 19.7 Å². The predicted molar refractivity (Wildman–Crippen MR) is 136 cm³/mol. The van der Waals surface area contributed by atoms with Gasteiger partial charge in [0, 0.05) is 17.7 Å². The van der Waals surface area contributed by atoms with Crippen molar-refractivity contribution in [2.24, 2.45) is 0 Å². The maximum Gasteiger partial charge on any atom is 0.263 e. The summed E-state index contributed by atoms with van der Waals surface area (Å²) in [5.74, 6) is 0.820. The van der Waals surface area contributed by atoms with Crippen molar-refractivity contribution in [3.05, 3.63) is 100 Å². The van der Waals surface area contributed by atoms with Crippen molar-refractivity contribution < 1.29 is 9.53 Å². The van der Waals surface area contributed by atoms with Gasteiger partial charge in [-0.05, 0) is 30.0 Å². The number of carbonyl (C=O) groups is 1. The van der Waals surface area contributed by atoms with Crippen LogP contribution in [-0.4, -0.2) is 32.3 Å². The SMILES string of the molecule is Cc1ccccc1OCC(=O)Nc1cc(-c2cccs2)nn1-c1nc(-c2ccccc2)cc(=O)[nH]1. The lowest BCUT2D eigenvalue weighted by Crippen LogP contribution is -2.23. The van der Waals surface area contributed by atoms with Crippen molar-refractivity contribution >= 4 is 23.1 Å². The molecule has 0 spiro atoms. The van der Waals surface area contributed by atoms with E-state index in [0.717, 1.165) is 16.0 Å². The van der Waals surface area contributed by atoms with Gasteiger partial charge < -0.3 is 10.1 Å². The van der Waals surface area contributed by atoms with E-state index in [0.29, 0.717) is 23.0 Å². The van der Waals surface area contributed by atoms with E-state index in [1.165, 1.54) is 22.1 Å². The molecule has 0 unspecified atom stereocenters. The van der Waals surface area contributed by atoms with Crippen LogP contribution in [-0.2, 0) is 4.79 Å². The van der Waals surface area contributed by atoms with E-state index in [9.17, 15) is 9.59 Å². The predicted octanol–water partition coefficient (Wildman–Crippen LogP) is 4.68. The van der Waals surface area contributed by atoms with E-state index in [4.69, 9.17) is 4.74 Å². The van der Waals surface area contributed by atoms with Gasteiger partial charge in [-0.25, -0.2) is 4.98 Å². The summed E-state index contributed by atoms with van der Waals surface area (Å²) in [5.41, 5.74) is 2.54. The van der Waals surface area contributed by atoms with Crippen molar-refractivity contribution in [2.75, 3.05) is 11.9 Å². The monoisotopic (exact) mass is 483 g/mol. The van der Waals surface area contributed by atoms with Crippen molar-refractivity contribution in [2.45, 2.75) is 6.92 Å². The van der Waals surface area contributed by atoms with E-state index in [1.807, 2.05) is 79.0 Å². The molecular weight excluding hydrogens is 462 g/mol. The van der Waals surface area contributed by atoms with Crippen LogP contribution >= 0.6 is 11.3 Å². The molecule has 5 aromatic rings. The number of benzene rings is 2. The molecular formula is C26H21N5O3S. The molecule has 0 atom stereocenters. The molecule has 5 rings (SSSR count). The number of aromatic nitrogens is 4.